The third-order valence-corrected chi connectivity index (χ3v) is 5.63. The Kier molecular flexibility index (Phi) is 3.63. The molecule has 2 saturated heterocycles. The third kappa shape index (κ3) is 2.67. The van der Waals surface area contributed by atoms with Crippen molar-refractivity contribution in [3.63, 3.8) is 0 Å². The molecular weight excluding hydrogens is 312 g/mol. The van der Waals surface area contributed by atoms with Crippen LogP contribution in [0.25, 0.3) is 22.3 Å². The van der Waals surface area contributed by atoms with E-state index in [0.717, 1.165) is 41.9 Å². The number of fused-ring (bicyclic) bond motifs is 2. The number of rotatable bonds is 2. The number of hydrogen-bond acceptors (Lipinski definition) is 4. The molecule has 4 nitrogen and oxygen atoms in total. The maximum absolute atomic E-state index is 5.97. The van der Waals surface area contributed by atoms with Crippen molar-refractivity contribution < 1.29 is 9.25 Å². The smallest absolute Gasteiger partial charge is 0.135 e. The summed E-state index contributed by atoms with van der Waals surface area (Å²) >= 11 is 0. The highest BCUT2D eigenvalue weighted by Gasteiger charge is 2.38. The summed E-state index contributed by atoms with van der Waals surface area (Å²) in [6.07, 6.45) is 1.09. The van der Waals surface area contributed by atoms with E-state index in [1.807, 2.05) is 23.3 Å². The van der Waals surface area contributed by atoms with Gasteiger partial charge in [0.25, 0.3) is 0 Å². The Morgan fingerprint density at radius 3 is 2.76 bits per heavy atom. The van der Waals surface area contributed by atoms with Gasteiger partial charge in [-0.3, -0.25) is 4.84 Å². The van der Waals surface area contributed by atoms with Gasteiger partial charge in [0.05, 0.1) is 6.61 Å². The van der Waals surface area contributed by atoms with Crippen LogP contribution in [0.2, 0.25) is 0 Å². The molecule has 2 aliphatic rings. The second-order valence-corrected chi connectivity index (χ2v) is 7.14. The van der Waals surface area contributed by atoms with E-state index < -0.39 is 0 Å². The number of hydroxylamine groups is 2. The van der Waals surface area contributed by atoms with Gasteiger partial charge in [0.15, 0.2) is 0 Å². The van der Waals surface area contributed by atoms with Crippen LogP contribution in [-0.2, 0) is 4.84 Å². The summed E-state index contributed by atoms with van der Waals surface area (Å²) in [7, 11) is 2.05. The molecule has 25 heavy (non-hydrogen) atoms. The van der Waals surface area contributed by atoms with Gasteiger partial charge in [-0.25, -0.2) is 0 Å². The summed E-state index contributed by atoms with van der Waals surface area (Å²) in [5.74, 6) is 1.53. The van der Waals surface area contributed by atoms with Crippen molar-refractivity contribution in [3.8, 4) is 11.3 Å². The van der Waals surface area contributed by atoms with E-state index in [1.165, 1.54) is 5.56 Å². The van der Waals surface area contributed by atoms with Crippen LogP contribution in [0.15, 0.2) is 59.0 Å². The topological polar surface area (TPSA) is 37.6 Å². The van der Waals surface area contributed by atoms with Gasteiger partial charge in [-0.2, -0.15) is 5.06 Å². The molecular formula is C21H22N2O2. The van der Waals surface area contributed by atoms with Gasteiger partial charge in [-0.15, -0.1) is 0 Å². The zero-order valence-electron chi connectivity index (χ0n) is 14.3. The first-order valence-electron chi connectivity index (χ1n) is 8.96. The lowest BCUT2D eigenvalue weighted by atomic mass is 9.87. The van der Waals surface area contributed by atoms with Crippen molar-refractivity contribution >= 4 is 11.0 Å². The SMILES string of the molecule is CN1OC[C@@H]2CN[C@H](c3ccc(-c4cc5ccccc5o4)cc3)C[C@@H]21. The van der Waals surface area contributed by atoms with Gasteiger partial charge in [0.1, 0.15) is 11.3 Å². The van der Waals surface area contributed by atoms with Crippen molar-refractivity contribution in [2.75, 3.05) is 20.2 Å². The average molecular weight is 334 g/mol. The van der Waals surface area contributed by atoms with Crippen LogP contribution < -0.4 is 5.32 Å². The third-order valence-electron chi connectivity index (χ3n) is 5.63. The van der Waals surface area contributed by atoms with Gasteiger partial charge in [0, 0.05) is 42.5 Å². The molecule has 3 atom stereocenters. The molecule has 2 fully saturated rings. The molecule has 1 N–H and O–H groups in total. The minimum absolute atomic E-state index is 0.384. The number of nitrogens with zero attached hydrogens (tertiary/aromatic N) is 1. The monoisotopic (exact) mass is 334 g/mol. The molecule has 5 rings (SSSR count). The van der Waals surface area contributed by atoms with Gasteiger partial charge < -0.3 is 9.73 Å². The van der Waals surface area contributed by atoms with Crippen LogP contribution in [0.1, 0.15) is 18.0 Å². The van der Waals surface area contributed by atoms with E-state index >= 15 is 0 Å². The van der Waals surface area contributed by atoms with E-state index in [4.69, 9.17) is 9.25 Å². The number of piperidine rings is 1. The molecule has 1 aromatic heterocycles. The van der Waals surface area contributed by atoms with E-state index in [1.54, 1.807) is 0 Å². The maximum Gasteiger partial charge on any atom is 0.135 e. The molecule has 0 amide bonds. The lowest BCUT2D eigenvalue weighted by molar-refractivity contribution is -0.112. The standard InChI is InChI=1S/C21H22N2O2/c1-23-19-11-18(22-12-17(19)13-24-23)14-6-8-15(9-7-14)21-10-16-4-2-3-5-20(16)25-21/h2-10,17-19,22H,11-13H2,1H3/t17-,18-,19-/m0/s1. The molecule has 4 heteroatoms. The zero-order valence-corrected chi connectivity index (χ0v) is 14.3. The van der Waals surface area contributed by atoms with Crippen LogP contribution in [-0.4, -0.2) is 31.3 Å². The minimum atomic E-state index is 0.384. The van der Waals surface area contributed by atoms with Crippen LogP contribution >= 0.6 is 0 Å². The van der Waals surface area contributed by atoms with E-state index in [2.05, 4.69) is 48.8 Å². The van der Waals surface area contributed by atoms with Crippen molar-refractivity contribution in [1.82, 2.24) is 10.4 Å². The van der Waals surface area contributed by atoms with Gasteiger partial charge in [-0.1, -0.05) is 42.5 Å². The first-order valence-corrected chi connectivity index (χ1v) is 8.96. The number of benzene rings is 2. The summed E-state index contributed by atoms with van der Waals surface area (Å²) < 4.78 is 5.97. The lowest BCUT2D eigenvalue weighted by Gasteiger charge is -2.34. The van der Waals surface area contributed by atoms with Crippen molar-refractivity contribution in [1.29, 1.82) is 0 Å². The maximum atomic E-state index is 5.97. The molecule has 0 saturated carbocycles. The predicted octanol–water partition coefficient (Wildman–Crippen LogP) is 4.00. The summed E-state index contributed by atoms with van der Waals surface area (Å²) in [6.45, 7) is 1.86. The number of furan rings is 1. The number of nitrogens with one attached hydrogen (secondary N) is 1. The van der Waals surface area contributed by atoms with Gasteiger partial charge >= 0.3 is 0 Å². The number of hydrogen-bond donors (Lipinski definition) is 1. The molecule has 0 spiro atoms. The average Bonchev–Trinajstić information content (AvgIpc) is 3.25. The van der Waals surface area contributed by atoms with Crippen LogP contribution in [0.5, 0.6) is 0 Å². The van der Waals surface area contributed by atoms with Crippen LogP contribution in [0, 0.1) is 5.92 Å². The molecule has 0 radical (unpaired) electrons. The first-order chi connectivity index (χ1) is 12.3. The normalized spacial score (nSPS) is 26.8. The Balaban J connectivity index is 1.38. The van der Waals surface area contributed by atoms with E-state index in [9.17, 15) is 0 Å². The highest BCUT2D eigenvalue weighted by molar-refractivity contribution is 5.82. The largest absolute Gasteiger partial charge is 0.456 e. The Morgan fingerprint density at radius 1 is 1.08 bits per heavy atom. The fourth-order valence-corrected chi connectivity index (χ4v) is 4.13. The number of para-hydroxylation sites is 1. The molecule has 0 bridgehead atoms. The first kappa shape index (κ1) is 15.1. The minimum Gasteiger partial charge on any atom is -0.456 e. The molecule has 2 aromatic carbocycles. The second kappa shape index (κ2) is 5.99. The molecule has 3 aromatic rings. The molecule has 3 heterocycles. The second-order valence-electron chi connectivity index (χ2n) is 7.14. The highest BCUT2D eigenvalue weighted by atomic mass is 16.7. The lowest BCUT2D eigenvalue weighted by Crippen LogP contribution is -2.44. The Bertz CT molecular complexity index is 853. The molecule has 128 valence electrons. The molecule has 0 unspecified atom stereocenters. The van der Waals surface area contributed by atoms with E-state index in [0.29, 0.717) is 18.0 Å². The fraction of sp³-hybridized carbons (Fsp3) is 0.333. The Hall–Kier alpha value is -2.14. The summed E-state index contributed by atoms with van der Waals surface area (Å²) in [5.41, 5.74) is 3.39. The summed E-state index contributed by atoms with van der Waals surface area (Å²) in [4.78, 5) is 5.67. The van der Waals surface area contributed by atoms with Crippen LogP contribution in [0.4, 0.5) is 0 Å². The van der Waals surface area contributed by atoms with Crippen molar-refractivity contribution in [2.24, 2.45) is 5.92 Å². The van der Waals surface area contributed by atoms with Crippen molar-refractivity contribution in [3.05, 3.63) is 60.2 Å². The summed E-state index contributed by atoms with van der Waals surface area (Å²) in [6, 6.07) is 19.9. The Morgan fingerprint density at radius 2 is 1.92 bits per heavy atom. The van der Waals surface area contributed by atoms with Gasteiger partial charge in [-0.05, 0) is 24.1 Å². The fourth-order valence-electron chi connectivity index (χ4n) is 4.13. The highest BCUT2D eigenvalue weighted by Crippen LogP contribution is 2.34. The molecule has 0 aliphatic carbocycles. The Labute approximate surface area is 147 Å². The van der Waals surface area contributed by atoms with Crippen LogP contribution in [0.3, 0.4) is 0 Å². The predicted molar refractivity (Wildman–Crippen MR) is 98.0 cm³/mol. The summed E-state index contributed by atoms with van der Waals surface area (Å²) in [5, 5.41) is 6.87. The van der Waals surface area contributed by atoms with Crippen molar-refractivity contribution in [2.45, 2.75) is 18.5 Å². The van der Waals surface area contributed by atoms with E-state index in [-0.39, 0.29) is 0 Å². The van der Waals surface area contributed by atoms with Gasteiger partial charge in [0.2, 0.25) is 0 Å². The molecule has 2 aliphatic heterocycles. The quantitative estimate of drug-likeness (QED) is 0.769. The zero-order chi connectivity index (χ0) is 16.8.